The first-order valence-corrected chi connectivity index (χ1v) is 4.76. The molecule has 0 bridgehead atoms. The maximum Gasteiger partial charge on any atom is 0.259 e. The molecule has 2 amide bonds. The molecule has 14 heavy (non-hydrogen) atoms. The molecule has 1 atom stereocenters. The lowest BCUT2D eigenvalue weighted by Gasteiger charge is -2.18. The zero-order valence-electron chi connectivity index (χ0n) is 8.46. The van der Waals surface area contributed by atoms with Gasteiger partial charge in [0.15, 0.2) is 0 Å². The minimum absolute atomic E-state index is 0.224. The Kier molecular flexibility index (Phi) is 3.76. The van der Waals surface area contributed by atoms with Crippen LogP contribution in [0.1, 0.15) is 19.8 Å². The number of carbonyl (C=O) groups is 2. The smallest absolute Gasteiger partial charge is 0.259 e. The summed E-state index contributed by atoms with van der Waals surface area (Å²) in [5.41, 5.74) is 0. The highest BCUT2D eigenvalue weighted by Crippen LogP contribution is 2.09. The van der Waals surface area contributed by atoms with Gasteiger partial charge in [-0.1, -0.05) is 6.92 Å². The van der Waals surface area contributed by atoms with Crippen LogP contribution < -0.4 is 10.6 Å². The van der Waals surface area contributed by atoms with E-state index in [2.05, 4.69) is 15.6 Å². The first-order valence-electron chi connectivity index (χ1n) is 4.76. The van der Waals surface area contributed by atoms with Crippen LogP contribution in [0.4, 0.5) is 0 Å². The third-order valence-corrected chi connectivity index (χ3v) is 2.15. The standard InChI is InChI=1S/C9H15N3O2/c1-3-6-8(13)11-7(4-5-10-2)12-9(6)14/h6,10H,3-5H2,1-2H3,(H,11,12,13,14). The summed E-state index contributed by atoms with van der Waals surface area (Å²) >= 11 is 0. The number of aliphatic imine (C=N–C) groups is 1. The van der Waals surface area contributed by atoms with E-state index in [1.54, 1.807) is 6.92 Å². The number of amidine groups is 1. The van der Waals surface area contributed by atoms with Gasteiger partial charge in [-0.15, -0.1) is 0 Å². The number of rotatable bonds is 4. The van der Waals surface area contributed by atoms with Crippen molar-refractivity contribution in [2.24, 2.45) is 10.9 Å². The summed E-state index contributed by atoms with van der Waals surface area (Å²) in [7, 11) is 1.81. The first-order chi connectivity index (χ1) is 6.69. The van der Waals surface area contributed by atoms with Crippen LogP contribution >= 0.6 is 0 Å². The highest BCUT2D eigenvalue weighted by atomic mass is 16.2. The van der Waals surface area contributed by atoms with E-state index in [0.717, 1.165) is 0 Å². The number of nitrogens with one attached hydrogen (secondary N) is 2. The van der Waals surface area contributed by atoms with Crippen LogP contribution in [0.5, 0.6) is 0 Å². The molecule has 1 rings (SSSR count). The Morgan fingerprint density at radius 2 is 2.21 bits per heavy atom. The second-order valence-corrected chi connectivity index (χ2v) is 3.20. The van der Waals surface area contributed by atoms with Gasteiger partial charge in [0.05, 0.1) is 0 Å². The van der Waals surface area contributed by atoms with Crippen molar-refractivity contribution in [1.82, 2.24) is 10.6 Å². The summed E-state index contributed by atoms with van der Waals surface area (Å²) in [6.45, 7) is 2.50. The van der Waals surface area contributed by atoms with Gasteiger partial charge in [-0.05, 0) is 13.5 Å². The van der Waals surface area contributed by atoms with E-state index in [0.29, 0.717) is 25.2 Å². The van der Waals surface area contributed by atoms with E-state index in [1.165, 1.54) is 0 Å². The fourth-order valence-corrected chi connectivity index (χ4v) is 1.30. The number of hydrogen-bond acceptors (Lipinski definition) is 3. The SMILES string of the molecule is CCC1C(=O)N=C(CCNC)NC1=O. The maximum atomic E-state index is 11.4. The van der Waals surface area contributed by atoms with Crippen molar-refractivity contribution in [3.8, 4) is 0 Å². The van der Waals surface area contributed by atoms with Crippen LogP contribution in [0.15, 0.2) is 4.99 Å². The highest BCUT2D eigenvalue weighted by Gasteiger charge is 2.29. The number of carbonyl (C=O) groups excluding carboxylic acids is 2. The average Bonchev–Trinajstić information content (AvgIpc) is 2.14. The van der Waals surface area contributed by atoms with Gasteiger partial charge >= 0.3 is 0 Å². The molecule has 0 radical (unpaired) electrons. The molecule has 0 fully saturated rings. The summed E-state index contributed by atoms with van der Waals surface area (Å²) in [5, 5.41) is 5.56. The molecular formula is C9H15N3O2. The van der Waals surface area contributed by atoms with Crippen LogP contribution in [0.2, 0.25) is 0 Å². The van der Waals surface area contributed by atoms with Gasteiger partial charge in [0.1, 0.15) is 11.8 Å². The van der Waals surface area contributed by atoms with E-state index in [4.69, 9.17) is 0 Å². The lowest BCUT2D eigenvalue weighted by molar-refractivity contribution is -0.133. The van der Waals surface area contributed by atoms with E-state index < -0.39 is 5.92 Å². The molecule has 0 aromatic rings. The summed E-state index contributed by atoms with van der Waals surface area (Å²) in [6, 6.07) is 0. The van der Waals surface area contributed by atoms with E-state index in [-0.39, 0.29) is 11.8 Å². The fraction of sp³-hybridized carbons (Fsp3) is 0.667. The Hall–Kier alpha value is -1.23. The molecule has 0 saturated heterocycles. The Morgan fingerprint density at radius 1 is 1.50 bits per heavy atom. The van der Waals surface area contributed by atoms with Crippen molar-refractivity contribution in [3.63, 3.8) is 0 Å². The van der Waals surface area contributed by atoms with Crippen LogP contribution in [0, 0.1) is 5.92 Å². The molecule has 1 aliphatic heterocycles. The van der Waals surface area contributed by atoms with Crippen molar-refractivity contribution >= 4 is 17.6 Å². The molecule has 5 heteroatoms. The fourth-order valence-electron chi connectivity index (χ4n) is 1.30. The molecule has 0 spiro atoms. The minimum Gasteiger partial charge on any atom is -0.319 e. The topological polar surface area (TPSA) is 70.6 Å². The molecule has 1 heterocycles. The largest absolute Gasteiger partial charge is 0.319 e. The number of hydrogen-bond donors (Lipinski definition) is 2. The molecule has 0 aliphatic carbocycles. The molecule has 1 aliphatic rings. The van der Waals surface area contributed by atoms with Gasteiger partial charge in [-0.25, -0.2) is 0 Å². The summed E-state index contributed by atoms with van der Waals surface area (Å²) in [6.07, 6.45) is 1.08. The van der Waals surface area contributed by atoms with E-state index >= 15 is 0 Å². The van der Waals surface area contributed by atoms with Crippen LogP contribution in [-0.2, 0) is 9.59 Å². The van der Waals surface area contributed by atoms with Gasteiger partial charge in [0.25, 0.3) is 5.91 Å². The monoisotopic (exact) mass is 197 g/mol. The predicted molar refractivity (Wildman–Crippen MR) is 52.9 cm³/mol. The first kappa shape index (κ1) is 10.8. The maximum absolute atomic E-state index is 11.4. The van der Waals surface area contributed by atoms with Gasteiger partial charge < -0.3 is 10.6 Å². The molecule has 0 aromatic heterocycles. The second kappa shape index (κ2) is 4.85. The zero-order valence-corrected chi connectivity index (χ0v) is 8.46. The van der Waals surface area contributed by atoms with Crippen molar-refractivity contribution in [1.29, 1.82) is 0 Å². The Balaban J connectivity index is 2.65. The normalized spacial score (nSPS) is 21.9. The van der Waals surface area contributed by atoms with E-state index in [9.17, 15) is 9.59 Å². The van der Waals surface area contributed by atoms with Crippen molar-refractivity contribution in [2.45, 2.75) is 19.8 Å². The molecule has 2 N–H and O–H groups in total. The van der Waals surface area contributed by atoms with Gasteiger partial charge in [-0.3, -0.25) is 9.59 Å². The molecule has 0 saturated carbocycles. The summed E-state index contributed by atoms with van der Waals surface area (Å²) in [5.74, 6) is -0.659. The summed E-state index contributed by atoms with van der Waals surface area (Å²) < 4.78 is 0. The molecule has 78 valence electrons. The summed E-state index contributed by atoms with van der Waals surface area (Å²) in [4.78, 5) is 26.5. The lowest BCUT2D eigenvalue weighted by atomic mass is 10.0. The van der Waals surface area contributed by atoms with Gasteiger partial charge in [0, 0.05) is 13.0 Å². The van der Waals surface area contributed by atoms with Gasteiger partial charge in [0.2, 0.25) is 5.91 Å². The average molecular weight is 197 g/mol. The minimum atomic E-state index is -0.590. The quantitative estimate of drug-likeness (QED) is 0.607. The van der Waals surface area contributed by atoms with Crippen molar-refractivity contribution in [3.05, 3.63) is 0 Å². The van der Waals surface area contributed by atoms with Crippen molar-refractivity contribution in [2.75, 3.05) is 13.6 Å². The lowest BCUT2D eigenvalue weighted by Crippen LogP contribution is -2.44. The van der Waals surface area contributed by atoms with Crippen LogP contribution in [0.3, 0.4) is 0 Å². The van der Waals surface area contributed by atoms with Crippen molar-refractivity contribution < 1.29 is 9.59 Å². The van der Waals surface area contributed by atoms with E-state index in [1.807, 2.05) is 7.05 Å². The third-order valence-electron chi connectivity index (χ3n) is 2.15. The Labute approximate surface area is 83.0 Å². The molecule has 0 aromatic carbocycles. The molecular weight excluding hydrogens is 182 g/mol. The number of amides is 2. The van der Waals surface area contributed by atoms with Crippen LogP contribution in [-0.4, -0.2) is 31.2 Å². The van der Waals surface area contributed by atoms with Crippen LogP contribution in [0.25, 0.3) is 0 Å². The second-order valence-electron chi connectivity index (χ2n) is 3.20. The number of nitrogens with zero attached hydrogens (tertiary/aromatic N) is 1. The zero-order chi connectivity index (χ0) is 10.6. The Bertz CT molecular complexity index is 273. The Morgan fingerprint density at radius 3 is 2.71 bits per heavy atom. The highest BCUT2D eigenvalue weighted by molar-refractivity contribution is 6.15. The van der Waals surface area contributed by atoms with Gasteiger partial charge in [-0.2, -0.15) is 4.99 Å². The molecule has 1 unspecified atom stereocenters. The third kappa shape index (κ3) is 2.38. The predicted octanol–water partition coefficient (Wildman–Crippen LogP) is -0.323. The molecule has 5 nitrogen and oxygen atoms in total.